The number of benzene rings is 1. The van der Waals surface area contributed by atoms with Gasteiger partial charge in [0.2, 0.25) is 0 Å². The third kappa shape index (κ3) is 3.76. The molecule has 0 aromatic heterocycles. The molecule has 6 heteroatoms. The lowest BCUT2D eigenvalue weighted by atomic mass is 10.1. The number of thiocarbonyl (C=S) groups is 1. The number of methoxy groups -OCH3 is 1. The first-order valence-corrected chi connectivity index (χ1v) is 7.05. The fraction of sp³-hybridized carbons (Fsp3) is 0.273. The van der Waals surface area contributed by atoms with Crippen molar-refractivity contribution < 1.29 is 13.9 Å². The summed E-state index contributed by atoms with van der Waals surface area (Å²) in [7, 11) is 1.43. The predicted molar refractivity (Wildman–Crippen MR) is 75.7 cm³/mol. The largest absolute Gasteiger partial charge is 0.495 e. The van der Waals surface area contributed by atoms with Gasteiger partial charge in [-0.2, -0.15) is 0 Å². The molecule has 1 aromatic rings. The van der Waals surface area contributed by atoms with Crippen LogP contribution in [-0.2, 0) is 0 Å². The number of hydrogen-bond acceptors (Lipinski definition) is 4. The van der Waals surface area contributed by atoms with Gasteiger partial charge in [-0.3, -0.25) is 4.79 Å². The van der Waals surface area contributed by atoms with Crippen molar-refractivity contribution in [1.29, 1.82) is 0 Å². The van der Waals surface area contributed by atoms with Crippen LogP contribution < -0.4 is 4.74 Å². The summed E-state index contributed by atoms with van der Waals surface area (Å²) in [5.74, 6) is -0.405. The van der Waals surface area contributed by atoms with Crippen LogP contribution in [-0.4, -0.2) is 23.3 Å². The van der Waals surface area contributed by atoms with Gasteiger partial charge in [-0.05, 0) is 34.3 Å². The molecule has 92 valence electrons. The second kappa shape index (κ2) is 6.47. The van der Waals surface area contributed by atoms with Gasteiger partial charge in [0.05, 0.1) is 27.8 Å². The van der Waals surface area contributed by atoms with Crippen LogP contribution in [0.15, 0.2) is 16.6 Å². The number of carbonyl (C=O) groups excluding carboxylic acids is 1. The Morgan fingerprint density at radius 2 is 2.24 bits per heavy atom. The molecule has 0 saturated heterocycles. The van der Waals surface area contributed by atoms with Crippen molar-refractivity contribution in [2.75, 3.05) is 13.4 Å². The summed E-state index contributed by atoms with van der Waals surface area (Å²) in [5.41, 5.74) is 0.204. The third-order valence-electron chi connectivity index (χ3n) is 2.05. The van der Waals surface area contributed by atoms with Crippen LogP contribution in [0, 0.1) is 5.82 Å². The van der Waals surface area contributed by atoms with Crippen molar-refractivity contribution in [1.82, 2.24) is 0 Å². The Kier molecular flexibility index (Phi) is 5.55. The maximum absolute atomic E-state index is 13.2. The monoisotopic (exact) mass is 336 g/mol. The van der Waals surface area contributed by atoms with E-state index in [1.807, 2.05) is 0 Å². The average Bonchev–Trinajstić information content (AvgIpc) is 2.27. The number of thioether (sulfide) groups is 1. The lowest BCUT2D eigenvalue weighted by Gasteiger charge is -2.09. The number of ether oxygens (including phenoxy) is 1. The molecular weight excluding hydrogens is 327 g/mol. The van der Waals surface area contributed by atoms with Crippen molar-refractivity contribution in [3.8, 4) is 5.75 Å². The van der Waals surface area contributed by atoms with Gasteiger partial charge in [-0.25, -0.2) is 4.39 Å². The number of ketones is 1. The minimum atomic E-state index is -0.490. The summed E-state index contributed by atoms with van der Waals surface area (Å²) in [6.45, 7) is 0. The fourth-order valence-corrected chi connectivity index (χ4v) is 2.27. The zero-order chi connectivity index (χ0) is 13.0. The molecule has 0 saturated carbocycles. The molecule has 0 aliphatic carbocycles. The van der Waals surface area contributed by atoms with Crippen LogP contribution in [0.5, 0.6) is 5.75 Å². The molecule has 0 fully saturated rings. The lowest BCUT2D eigenvalue weighted by Crippen LogP contribution is -2.07. The van der Waals surface area contributed by atoms with Gasteiger partial charge in [-0.1, -0.05) is 12.2 Å². The normalized spacial score (nSPS) is 10.1. The highest BCUT2D eigenvalue weighted by Crippen LogP contribution is 2.31. The van der Waals surface area contributed by atoms with Gasteiger partial charge in [0.25, 0.3) is 0 Å². The van der Waals surface area contributed by atoms with Gasteiger partial charge in [0.1, 0.15) is 11.6 Å². The molecule has 0 amide bonds. The maximum Gasteiger partial charge on any atom is 0.172 e. The summed E-state index contributed by atoms with van der Waals surface area (Å²) in [4.78, 5) is 11.9. The molecule has 0 spiro atoms. The zero-order valence-electron chi connectivity index (χ0n) is 9.25. The zero-order valence-corrected chi connectivity index (χ0v) is 12.5. The highest BCUT2D eigenvalue weighted by molar-refractivity contribution is 9.10. The van der Waals surface area contributed by atoms with Crippen molar-refractivity contribution in [2.45, 2.75) is 6.42 Å². The van der Waals surface area contributed by atoms with E-state index in [0.717, 1.165) is 6.07 Å². The van der Waals surface area contributed by atoms with Crippen LogP contribution in [0.25, 0.3) is 0 Å². The number of Topliss-reactive ketones (excluding diaryl/α,β-unsaturated/α-hetero) is 1. The highest BCUT2D eigenvalue weighted by atomic mass is 79.9. The second-order valence-electron chi connectivity index (χ2n) is 3.14. The number of rotatable bonds is 4. The minimum absolute atomic E-state index is 0.1000. The molecule has 0 radical (unpaired) electrons. The summed E-state index contributed by atoms with van der Waals surface area (Å²) in [6.07, 6.45) is 1.90. The smallest absolute Gasteiger partial charge is 0.172 e. The molecule has 0 aliphatic heterocycles. The molecular formula is C11H10BrFO2S2. The molecule has 0 aliphatic rings. The third-order valence-corrected chi connectivity index (χ3v) is 3.88. The van der Waals surface area contributed by atoms with E-state index in [2.05, 4.69) is 15.9 Å². The Morgan fingerprint density at radius 3 is 2.76 bits per heavy atom. The first-order valence-electron chi connectivity index (χ1n) is 4.62. The summed E-state index contributed by atoms with van der Waals surface area (Å²) >= 11 is 9.46. The molecule has 0 unspecified atom stereocenters. The maximum atomic E-state index is 13.2. The van der Waals surface area contributed by atoms with Gasteiger partial charge in [0, 0.05) is 0 Å². The minimum Gasteiger partial charge on any atom is -0.495 e. The van der Waals surface area contributed by atoms with Crippen LogP contribution in [0.4, 0.5) is 4.39 Å². The van der Waals surface area contributed by atoms with Crippen molar-refractivity contribution in [3.05, 3.63) is 28.0 Å². The van der Waals surface area contributed by atoms with E-state index in [1.165, 1.54) is 24.9 Å². The molecule has 0 bridgehead atoms. The predicted octanol–water partition coefficient (Wildman–Crippen LogP) is 3.86. The van der Waals surface area contributed by atoms with E-state index in [-0.39, 0.29) is 17.8 Å². The van der Waals surface area contributed by atoms with E-state index < -0.39 is 5.82 Å². The second-order valence-corrected chi connectivity index (χ2v) is 5.65. The van der Waals surface area contributed by atoms with Crippen LogP contribution in [0.2, 0.25) is 0 Å². The van der Waals surface area contributed by atoms with Crippen LogP contribution >= 0.6 is 39.9 Å². The van der Waals surface area contributed by atoms with Crippen molar-refractivity contribution in [3.63, 3.8) is 0 Å². The molecule has 1 aromatic carbocycles. The van der Waals surface area contributed by atoms with E-state index in [1.54, 1.807) is 6.26 Å². The molecule has 0 N–H and O–H groups in total. The Hall–Kier alpha value is -0.460. The van der Waals surface area contributed by atoms with E-state index in [4.69, 9.17) is 17.0 Å². The Balaban J connectivity index is 3.12. The standard InChI is InChI=1S/C11H10BrFO2S2/c1-15-11-7(3-6(13)4-8(11)12)9(14)5-10(16)17-2/h3-4H,5H2,1-2H3. The average molecular weight is 337 g/mol. The number of hydrogen-bond donors (Lipinski definition) is 0. The Morgan fingerprint density at radius 1 is 1.59 bits per heavy atom. The Labute approximate surface area is 117 Å². The Bertz CT molecular complexity index is 463. The lowest BCUT2D eigenvalue weighted by molar-refractivity contribution is 0.0998. The quantitative estimate of drug-likeness (QED) is 0.616. The van der Waals surface area contributed by atoms with Gasteiger partial charge in [0.15, 0.2) is 5.78 Å². The molecule has 17 heavy (non-hydrogen) atoms. The van der Waals surface area contributed by atoms with Gasteiger partial charge in [-0.15, -0.1) is 11.8 Å². The van der Waals surface area contributed by atoms with Gasteiger partial charge >= 0.3 is 0 Å². The fourth-order valence-electron chi connectivity index (χ4n) is 1.27. The summed E-state index contributed by atoms with van der Waals surface area (Å²) in [5, 5.41) is 0. The van der Waals surface area contributed by atoms with Crippen molar-refractivity contribution >= 4 is 49.9 Å². The van der Waals surface area contributed by atoms with Crippen LogP contribution in [0.3, 0.4) is 0 Å². The molecule has 2 nitrogen and oxygen atoms in total. The van der Waals surface area contributed by atoms with E-state index in [0.29, 0.717) is 14.4 Å². The first-order chi connectivity index (χ1) is 7.99. The molecule has 0 atom stereocenters. The van der Waals surface area contributed by atoms with Crippen molar-refractivity contribution in [2.24, 2.45) is 0 Å². The van der Waals surface area contributed by atoms with E-state index in [9.17, 15) is 9.18 Å². The van der Waals surface area contributed by atoms with Gasteiger partial charge < -0.3 is 4.74 Å². The summed E-state index contributed by atoms with van der Waals surface area (Å²) < 4.78 is 19.3. The summed E-state index contributed by atoms with van der Waals surface area (Å²) in [6, 6.07) is 2.41. The SMILES string of the molecule is COc1c(Br)cc(F)cc1C(=O)CC(=S)SC. The van der Waals surface area contributed by atoms with E-state index >= 15 is 0 Å². The number of carbonyl (C=O) groups is 1. The highest BCUT2D eigenvalue weighted by Gasteiger charge is 2.17. The topological polar surface area (TPSA) is 26.3 Å². The molecule has 1 rings (SSSR count). The first kappa shape index (κ1) is 14.6. The molecule has 0 heterocycles. The number of halogens is 2. The van der Waals surface area contributed by atoms with Crippen LogP contribution in [0.1, 0.15) is 16.8 Å².